The summed E-state index contributed by atoms with van der Waals surface area (Å²) < 4.78 is 4.62. The standard InChI is InChI=1S/C11H22N2O3/c1-5-6-8(12)10(14)13-9(7(2)3)11(15)16-4/h7-9H,5-6,12H2,1-4H3,(H,13,14)/t8-,9+/m1/s1. The fourth-order valence-corrected chi connectivity index (χ4v) is 1.33. The van der Waals surface area contributed by atoms with Gasteiger partial charge in [-0.15, -0.1) is 0 Å². The number of rotatable bonds is 6. The number of esters is 1. The minimum atomic E-state index is -0.625. The SMILES string of the molecule is CCC[C@@H](N)C(=O)N[C@H](C(=O)OC)C(C)C. The van der Waals surface area contributed by atoms with E-state index in [4.69, 9.17) is 5.73 Å². The number of hydrogen-bond donors (Lipinski definition) is 2. The molecule has 0 spiro atoms. The van der Waals surface area contributed by atoms with Gasteiger partial charge in [-0.25, -0.2) is 4.79 Å². The summed E-state index contributed by atoms with van der Waals surface area (Å²) in [5.41, 5.74) is 5.65. The molecule has 0 saturated carbocycles. The summed E-state index contributed by atoms with van der Waals surface area (Å²) in [5.74, 6) is -0.761. The third-order valence-corrected chi connectivity index (χ3v) is 2.36. The quantitative estimate of drug-likeness (QED) is 0.648. The van der Waals surface area contributed by atoms with Crippen LogP contribution in [-0.4, -0.2) is 31.1 Å². The smallest absolute Gasteiger partial charge is 0.328 e. The summed E-state index contributed by atoms with van der Waals surface area (Å²) in [6.07, 6.45) is 1.44. The molecule has 0 fully saturated rings. The van der Waals surface area contributed by atoms with Gasteiger partial charge in [-0.2, -0.15) is 0 Å². The summed E-state index contributed by atoms with van der Waals surface area (Å²) in [5, 5.41) is 2.61. The summed E-state index contributed by atoms with van der Waals surface area (Å²) in [6.45, 7) is 5.63. The first-order valence-corrected chi connectivity index (χ1v) is 5.57. The monoisotopic (exact) mass is 230 g/mol. The van der Waals surface area contributed by atoms with Gasteiger partial charge in [-0.05, 0) is 12.3 Å². The Bertz CT molecular complexity index is 241. The lowest BCUT2D eigenvalue weighted by molar-refractivity contribution is -0.146. The molecule has 0 bridgehead atoms. The number of nitrogens with one attached hydrogen (secondary N) is 1. The lowest BCUT2D eigenvalue weighted by atomic mass is 10.0. The van der Waals surface area contributed by atoms with Gasteiger partial charge in [0.25, 0.3) is 0 Å². The van der Waals surface area contributed by atoms with Crippen LogP contribution in [0.4, 0.5) is 0 Å². The van der Waals surface area contributed by atoms with Gasteiger partial charge < -0.3 is 15.8 Å². The van der Waals surface area contributed by atoms with Crippen LogP contribution in [0.3, 0.4) is 0 Å². The highest BCUT2D eigenvalue weighted by atomic mass is 16.5. The molecule has 0 aromatic rings. The van der Waals surface area contributed by atoms with E-state index in [1.807, 2.05) is 20.8 Å². The Morgan fingerprint density at radius 2 is 1.94 bits per heavy atom. The molecular weight excluding hydrogens is 208 g/mol. The summed E-state index contributed by atoms with van der Waals surface area (Å²) in [7, 11) is 1.30. The normalized spacial score (nSPS) is 14.4. The Morgan fingerprint density at radius 1 is 1.38 bits per heavy atom. The van der Waals surface area contributed by atoms with Crippen LogP contribution in [-0.2, 0) is 14.3 Å². The van der Waals surface area contributed by atoms with E-state index in [0.717, 1.165) is 6.42 Å². The topological polar surface area (TPSA) is 81.4 Å². The minimum absolute atomic E-state index is 0.0229. The number of hydrogen-bond acceptors (Lipinski definition) is 4. The first-order chi connectivity index (χ1) is 7.43. The molecule has 0 rings (SSSR count). The molecule has 0 aliphatic carbocycles. The Kier molecular flexibility index (Phi) is 6.72. The van der Waals surface area contributed by atoms with Crippen LogP contribution in [0.15, 0.2) is 0 Å². The predicted molar refractivity (Wildman–Crippen MR) is 61.7 cm³/mol. The first kappa shape index (κ1) is 14.9. The van der Waals surface area contributed by atoms with Crippen molar-refractivity contribution in [1.82, 2.24) is 5.32 Å². The molecule has 0 aliphatic heterocycles. The number of carbonyl (C=O) groups excluding carboxylic acids is 2. The van der Waals surface area contributed by atoms with E-state index in [0.29, 0.717) is 6.42 Å². The van der Waals surface area contributed by atoms with Gasteiger partial charge in [-0.3, -0.25) is 4.79 Å². The highest BCUT2D eigenvalue weighted by Gasteiger charge is 2.26. The van der Waals surface area contributed by atoms with Crippen LogP contribution >= 0.6 is 0 Å². The van der Waals surface area contributed by atoms with Crippen LogP contribution in [0.1, 0.15) is 33.6 Å². The minimum Gasteiger partial charge on any atom is -0.467 e. The highest BCUT2D eigenvalue weighted by molar-refractivity contribution is 5.87. The summed E-state index contributed by atoms with van der Waals surface area (Å²) >= 11 is 0. The van der Waals surface area contributed by atoms with E-state index in [1.165, 1.54) is 7.11 Å². The third-order valence-electron chi connectivity index (χ3n) is 2.36. The van der Waals surface area contributed by atoms with E-state index >= 15 is 0 Å². The van der Waals surface area contributed by atoms with Crippen molar-refractivity contribution in [3.8, 4) is 0 Å². The molecule has 1 amide bonds. The molecule has 2 atom stereocenters. The zero-order valence-electron chi connectivity index (χ0n) is 10.4. The van der Waals surface area contributed by atoms with Crippen molar-refractivity contribution in [3.05, 3.63) is 0 Å². The van der Waals surface area contributed by atoms with Gasteiger partial charge in [0.2, 0.25) is 5.91 Å². The third kappa shape index (κ3) is 4.61. The first-order valence-electron chi connectivity index (χ1n) is 5.57. The molecule has 94 valence electrons. The molecule has 0 radical (unpaired) electrons. The van der Waals surface area contributed by atoms with E-state index in [9.17, 15) is 9.59 Å². The van der Waals surface area contributed by atoms with E-state index < -0.39 is 18.1 Å². The van der Waals surface area contributed by atoms with Gasteiger partial charge >= 0.3 is 5.97 Å². The Balaban J connectivity index is 4.40. The molecule has 0 unspecified atom stereocenters. The Morgan fingerprint density at radius 3 is 2.31 bits per heavy atom. The van der Waals surface area contributed by atoms with E-state index in [1.54, 1.807) is 0 Å². The fourth-order valence-electron chi connectivity index (χ4n) is 1.33. The van der Waals surface area contributed by atoms with Crippen molar-refractivity contribution in [2.45, 2.75) is 45.7 Å². The van der Waals surface area contributed by atoms with Gasteiger partial charge in [-0.1, -0.05) is 27.2 Å². The van der Waals surface area contributed by atoms with Gasteiger partial charge in [0.15, 0.2) is 0 Å². The van der Waals surface area contributed by atoms with Crippen LogP contribution < -0.4 is 11.1 Å². The molecule has 0 heterocycles. The molecule has 0 aromatic carbocycles. The predicted octanol–water partition coefficient (Wildman–Crippen LogP) is 0.428. The number of carbonyl (C=O) groups is 2. The maximum Gasteiger partial charge on any atom is 0.328 e. The van der Waals surface area contributed by atoms with E-state index in [-0.39, 0.29) is 11.8 Å². The maximum atomic E-state index is 11.6. The Labute approximate surface area is 96.7 Å². The second-order valence-electron chi connectivity index (χ2n) is 4.15. The molecule has 5 nitrogen and oxygen atoms in total. The summed E-state index contributed by atoms with van der Waals surface area (Å²) in [6, 6.07) is -1.18. The zero-order chi connectivity index (χ0) is 12.7. The van der Waals surface area contributed by atoms with E-state index in [2.05, 4.69) is 10.1 Å². The molecule has 0 aromatic heterocycles. The number of ether oxygens (including phenoxy) is 1. The average molecular weight is 230 g/mol. The average Bonchev–Trinajstić information content (AvgIpc) is 2.24. The van der Waals surface area contributed by atoms with Crippen molar-refractivity contribution in [2.24, 2.45) is 11.7 Å². The number of nitrogens with two attached hydrogens (primary N) is 1. The van der Waals surface area contributed by atoms with Crippen LogP contribution in [0.2, 0.25) is 0 Å². The van der Waals surface area contributed by atoms with Gasteiger partial charge in [0.1, 0.15) is 6.04 Å². The van der Waals surface area contributed by atoms with Crippen molar-refractivity contribution >= 4 is 11.9 Å². The number of methoxy groups -OCH3 is 1. The second kappa shape index (κ2) is 7.22. The maximum absolute atomic E-state index is 11.6. The molecule has 5 heteroatoms. The van der Waals surface area contributed by atoms with Crippen molar-refractivity contribution in [3.63, 3.8) is 0 Å². The highest BCUT2D eigenvalue weighted by Crippen LogP contribution is 2.04. The largest absolute Gasteiger partial charge is 0.467 e. The Hall–Kier alpha value is -1.10. The molecular formula is C11H22N2O3. The molecule has 0 saturated heterocycles. The van der Waals surface area contributed by atoms with Crippen LogP contribution in [0.5, 0.6) is 0 Å². The zero-order valence-corrected chi connectivity index (χ0v) is 10.4. The molecule has 0 aliphatic rings. The lowest BCUT2D eigenvalue weighted by Crippen LogP contribution is -2.50. The van der Waals surface area contributed by atoms with Crippen molar-refractivity contribution in [1.29, 1.82) is 0 Å². The summed E-state index contributed by atoms with van der Waals surface area (Å²) in [4.78, 5) is 23.0. The molecule has 16 heavy (non-hydrogen) atoms. The fraction of sp³-hybridized carbons (Fsp3) is 0.818. The van der Waals surface area contributed by atoms with Crippen molar-refractivity contribution in [2.75, 3.05) is 7.11 Å². The van der Waals surface area contributed by atoms with Gasteiger partial charge in [0.05, 0.1) is 13.2 Å². The van der Waals surface area contributed by atoms with Gasteiger partial charge in [0, 0.05) is 0 Å². The van der Waals surface area contributed by atoms with Crippen LogP contribution in [0.25, 0.3) is 0 Å². The van der Waals surface area contributed by atoms with Crippen LogP contribution in [0, 0.1) is 5.92 Å². The number of amides is 1. The van der Waals surface area contributed by atoms with Crippen molar-refractivity contribution < 1.29 is 14.3 Å². The second-order valence-corrected chi connectivity index (χ2v) is 4.15. The molecule has 3 N–H and O–H groups in total. The lowest BCUT2D eigenvalue weighted by Gasteiger charge is -2.21.